The fourth-order valence-corrected chi connectivity index (χ4v) is 3.40. The van der Waals surface area contributed by atoms with Crippen molar-refractivity contribution in [2.75, 3.05) is 16.8 Å². The summed E-state index contributed by atoms with van der Waals surface area (Å²) in [5, 5.41) is 2.96. The molecule has 1 heterocycles. The number of hydrogen-bond donors (Lipinski definition) is 1. The monoisotopic (exact) mass is 310 g/mol. The summed E-state index contributed by atoms with van der Waals surface area (Å²) in [5.74, 6) is 1.44. The van der Waals surface area contributed by atoms with Crippen LogP contribution in [-0.4, -0.2) is 18.4 Å². The number of amides is 2. The van der Waals surface area contributed by atoms with Crippen molar-refractivity contribution in [1.29, 1.82) is 0 Å². The second kappa shape index (κ2) is 5.84. The standard InChI is InChI=1S/C19H22N2O2/c22-18(12-17(13-6-7-13)14-8-9-14)20-15-3-1-4-16(11-15)21-10-2-5-19(21)23/h1,3-4,11-14H,2,5-10H2,(H,20,22). The molecule has 4 heteroatoms. The maximum atomic E-state index is 12.3. The van der Waals surface area contributed by atoms with E-state index in [4.69, 9.17) is 0 Å². The van der Waals surface area contributed by atoms with E-state index in [1.165, 1.54) is 31.3 Å². The molecular formula is C19H22N2O2. The van der Waals surface area contributed by atoms with Crippen LogP contribution >= 0.6 is 0 Å². The fourth-order valence-electron chi connectivity index (χ4n) is 3.40. The van der Waals surface area contributed by atoms with Crippen LogP contribution < -0.4 is 10.2 Å². The molecule has 0 spiro atoms. The van der Waals surface area contributed by atoms with Crippen molar-refractivity contribution in [2.24, 2.45) is 11.8 Å². The minimum absolute atomic E-state index is 0.0382. The van der Waals surface area contributed by atoms with Gasteiger partial charge in [0.2, 0.25) is 11.8 Å². The van der Waals surface area contributed by atoms with Crippen LogP contribution in [0.2, 0.25) is 0 Å². The van der Waals surface area contributed by atoms with E-state index in [2.05, 4.69) is 5.32 Å². The molecule has 0 radical (unpaired) electrons. The number of nitrogens with zero attached hydrogens (tertiary/aromatic N) is 1. The molecule has 23 heavy (non-hydrogen) atoms. The van der Waals surface area contributed by atoms with E-state index in [0.29, 0.717) is 18.3 Å². The van der Waals surface area contributed by atoms with Crippen LogP contribution in [-0.2, 0) is 9.59 Å². The summed E-state index contributed by atoms with van der Waals surface area (Å²) in [4.78, 5) is 26.0. The number of carbonyl (C=O) groups excluding carboxylic acids is 2. The molecule has 4 rings (SSSR count). The first kappa shape index (κ1) is 14.5. The van der Waals surface area contributed by atoms with Gasteiger partial charge in [0.1, 0.15) is 0 Å². The molecule has 2 aliphatic carbocycles. The molecule has 2 amide bonds. The third kappa shape index (κ3) is 3.31. The van der Waals surface area contributed by atoms with Gasteiger partial charge < -0.3 is 10.2 Å². The molecule has 1 N–H and O–H groups in total. The predicted molar refractivity (Wildman–Crippen MR) is 90.2 cm³/mol. The van der Waals surface area contributed by atoms with Crippen LogP contribution in [0.1, 0.15) is 38.5 Å². The Morgan fingerprint density at radius 2 is 1.91 bits per heavy atom. The van der Waals surface area contributed by atoms with E-state index in [9.17, 15) is 9.59 Å². The minimum atomic E-state index is -0.0382. The fraction of sp³-hybridized carbons (Fsp3) is 0.474. The van der Waals surface area contributed by atoms with Gasteiger partial charge in [-0.1, -0.05) is 11.6 Å². The van der Waals surface area contributed by atoms with Crippen LogP contribution in [0.25, 0.3) is 0 Å². The zero-order chi connectivity index (χ0) is 15.8. The Kier molecular flexibility index (Phi) is 3.68. The van der Waals surface area contributed by atoms with Crippen molar-refractivity contribution in [3.8, 4) is 0 Å². The van der Waals surface area contributed by atoms with E-state index in [1.54, 1.807) is 4.90 Å². The average Bonchev–Trinajstić information content (AvgIpc) is 3.44. The van der Waals surface area contributed by atoms with E-state index in [-0.39, 0.29) is 11.8 Å². The zero-order valence-corrected chi connectivity index (χ0v) is 13.3. The molecule has 2 saturated carbocycles. The van der Waals surface area contributed by atoms with Gasteiger partial charge in [-0.05, 0) is 62.1 Å². The number of allylic oxidation sites excluding steroid dienone is 1. The van der Waals surface area contributed by atoms with E-state index in [1.807, 2.05) is 30.3 Å². The predicted octanol–water partition coefficient (Wildman–Crippen LogP) is 3.50. The van der Waals surface area contributed by atoms with Crippen molar-refractivity contribution in [3.05, 3.63) is 35.9 Å². The highest BCUT2D eigenvalue weighted by atomic mass is 16.2. The normalized spacial score (nSPS) is 20.5. The molecule has 1 aliphatic heterocycles. The third-order valence-electron chi connectivity index (χ3n) is 4.89. The van der Waals surface area contributed by atoms with Gasteiger partial charge in [-0.3, -0.25) is 9.59 Å². The third-order valence-corrected chi connectivity index (χ3v) is 4.89. The molecule has 0 unspecified atom stereocenters. The lowest BCUT2D eigenvalue weighted by Crippen LogP contribution is -2.23. The van der Waals surface area contributed by atoms with Crippen LogP contribution in [0.15, 0.2) is 35.9 Å². The SMILES string of the molecule is O=C(C=C(C1CC1)C1CC1)Nc1cccc(N2CCCC2=O)c1. The summed E-state index contributed by atoms with van der Waals surface area (Å²) >= 11 is 0. The van der Waals surface area contributed by atoms with E-state index < -0.39 is 0 Å². The largest absolute Gasteiger partial charge is 0.322 e. The molecule has 1 saturated heterocycles. The zero-order valence-electron chi connectivity index (χ0n) is 13.3. The Hall–Kier alpha value is -2.10. The van der Waals surface area contributed by atoms with Gasteiger partial charge in [0.15, 0.2) is 0 Å². The number of hydrogen-bond acceptors (Lipinski definition) is 2. The Morgan fingerprint density at radius 1 is 1.17 bits per heavy atom. The summed E-state index contributed by atoms with van der Waals surface area (Å²) in [6, 6.07) is 7.59. The summed E-state index contributed by atoms with van der Waals surface area (Å²) in [7, 11) is 0. The van der Waals surface area contributed by atoms with Gasteiger partial charge in [-0.25, -0.2) is 0 Å². The van der Waals surface area contributed by atoms with E-state index in [0.717, 1.165) is 24.3 Å². The Balaban J connectivity index is 1.47. The molecular weight excluding hydrogens is 288 g/mol. The molecule has 0 atom stereocenters. The highest BCUT2D eigenvalue weighted by molar-refractivity contribution is 6.01. The van der Waals surface area contributed by atoms with Crippen LogP contribution in [0, 0.1) is 11.8 Å². The molecule has 3 aliphatic rings. The molecule has 4 nitrogen and oxygen atoms in total. The molecule has 3 fully saturated rings. The lowest BCUT2D eigenvalue weighted by atomic mass is 10.1. The lowest BCUT2D eigenvalue weighted by molar-refractivity contribution is -0.117. The molecule has 1 aromatic rings. The Morgan fingerprint density at radius 3 is 2.52 bits per heavy atom. The summed E-state index contributed by atoms with van der Waals surface area (Å²) < 4.78 is 0. The first-order valence-corrected chi connectivity index (χ1v) is 8.63. The second-order valence-corrected chi connectivity index (χ2v) is 6.88. The summed E-state index contributed by atoms with van der Waals surface area (Å²) in [6.45, 7) is 0.768. The molecule has 1 aromatic carbocycles. The Labute approximate surface area is 136 Å². The van der Waals surface area contributed by atoms with Crippen LogP contribution in [0.3, 0.4) is 0 Å². The minimum Gasteiger partial charge on any atom is -0.322 e. The topological polar surface area (TPSA) is 49.4 Å². The molecule has 0 bridgehead atoms. The number of rotatable bonds is 5. The van der Waals surface area contributed by atoms with E-state index >= 15 is 0 Å². The summed E-state index contributed by atoms with van der Waals surface area (Å²) in [6.07, 6.45) is 8.30. The Bertz CT molecular complexity index is 658. The molecule has 120 valence electrons. The highest BCUT2D eigenvalue weighted by Gasteiger charge is 2.36. The van der Waals surface area contributed by atoms with Crippen LogP contribution in [0.4, 0.5) is 11.4 Å². The quantitative estimate of drug-likeness (QED) is 0.846. The first-order chi connectivity index (χ1) is 11.2. The highest BCUT2D eigenvalue weighted by Crippen LogP contribution is 2.48. The molecule has 0 aromatic heterocycles. The van der Waals surface area contributed by atoms with Gasteiger partial charge >= 0.3 is 0 Å². The van der Waals surface area contributed by atoms with Crippen molar-refractivity contribution in [3.63, 3.8) is 0 Å². The van der Waals surface area contributed by atoms with Crippen LogP contribution in [0.5, 0.6) is 0 Å². The average molecular weight is 310 g/mol. The number of carbonyl (C=O) groups is 2. The number of anilines is 2. The first-order valence-electron chi connectivity index (χ1n) is 8.63. The van der Waals surface area contributed by atoms with Crippen molar-refractivity contribution >= 4 is 23.2 Å². The van der Waals surface area contributed by atoms with Crippen molar-refractivity contribution in [1.82, 2.24) is 0 Å². The van der Waals surface area contributed by atoms with Gasteiger partial charge in [0.05, 0.1) is 0 Å². The van der Waals surface area contributed by atoms with Crippen molar-refractivity contribution < 1.29 is 9.59 Å². The lowest BCUT2D eigenvalue weighted by Gasteiger charge is -2.16. The van der Waals surface area contributed by atoms with Gasteiger partial charge in [0, 0.05) is 30.4 Å². The van der Waals surface area contributed by atoms with Gasteiger partial charge in [-0.15, -0.1) is 0 Å². The maximum absolute atomic E-state index is 12.3. The smallest absolute Gasteiger partial charge is 0.248 e. The van der Waals surface area contributed by atoms with Gasteiger partial charge in [0.25, 0.3) is 0 Å². The second-order valence-electron chi connectivity index (χ2n) is 6.88. The number of nitrogens with one attached hydrogen (secondary N) is 1. The number of benzene rings is 1. The maximum Gasteiger partial charge on any atom is 0.248 e. The van der Waals surface area contributed by atoms with Gasteiger partial charge in [-0.2, -0.15) is 0 Å². The summed E-state index contributed by atoms with van der Waals surface area (Å²) in [5.41, 5.74) is 2.99. The van der Waals surface area contributed by atoms with Crippen molar-refractivity contribution in [2.45, 2.75) is 38.5 Å².